The highest BCUT2D eigenvalue weighted by Gasteiger charge is 2.00. The highest BCUT2D eigenvalue weighted by molar-refractivity contribution is 5.76. The minimum atomic E-state index is -0.118. The molecule has 0 saturated heterocycles. The van der Waals surface area contributed by atoms with Crippen molar-refractivity contribution in [2.75, 3.05) is 20.3 Å². The summed E-state index contributed by atoms with van der Waals surface area (Å²) in [5.41, 5.74) is 0.996. The third kappa shape index (κ3) is 4.48. The summed E-state index contributed by atoms with van der Waals surface area (Å²) in [6.45, 7) is 2.54. The predicted octanol–water partition coefficient (Wildman–Crippen LogP) is 0.885. The fourth-order valence-electron chi connectivity index (χ4n) is 1.05. The standard InChI is InChI=1S/C12H15NO2/c1-10-4-3-5-11(7-6-10)8-15-9-12(14)13-2/h5-7,10H,8-9H2,1-2H3,(H,13,14)/t10-/m1/s1. The van der Waals surface area contributed by atoms with E-state index in [0.29, 0.717) is 6.61 Å². The monoisotopic (exact) mass is 205 g/mol. The SMILES string of the molecule is CNC(=O)COCC1=CC#C[C@@H](C)C=C1. The van der Waals surface area contributed by atoms with E-state index in [1.807, 2.05) is 25.2 Å². The highest BCUT2D eigenvalue weighted by atomic mass is 16.5. The average molecular weight is 205 g/mol. The van der Waals surface area contributed by atoms with Crippen molar-refractivity contribution in [1.29, 1.82) is 0 Å². The first-order chi connectivity index (χ1) is 7.22. The molecule has 3 nitrogen and oxygen atoms in total. The van der Waals surface area contributed by atoms with Gasteiger partial charge in [0.15, 0.2) is 0 Å². The van der Waals surface area contributed by atoms with Crippen LogP contribution in [0, 0.1) is 17.8 Å². The summed E-state index contributed by atoms with van der Waals surface area (Å²) in [4.78, 5) is 10.9. The van der Waals surface area contributed by atoms with Gasteiger partial charge in [-0.2, -0.15) is 0 Å². The second-order valence-corrected chi connectivity index (χ2v) is 3.32. The Morgan fingerprint density at radius 1 is 1.67 bits per heavy atom. The highest BCUT2D eigenvalue weighted by Crippen LogP contribution is 2.05. The Labute approximate surface area is 90.2 Å². The van der Waals surface area contributed by atoms with Crippen molar-refractivity contribution in [3.63, 3.8) is 0 Å². The van der Waals surface area contributed by atoms with Crippen LogP contribution in [0.1, 0.15) is 6.92 Å². The van der Waals surface area contributed by atoms with Crippen molar-refractivity contribution in [3.05, 3.63) is 23.8 Å². The first kappa shape index (κ1) is 11.5. The van der Waals surface area contributed by atoms with Crippen LogP contribution in [-0.2, 0) is 9.53 Å². The van der Waals surface area contributed by atoms with Gasteiger partial charge in [0.25, 0.3) is 0 Å². The second-order valence-electron chi connectivity index (χ2n) is 3.32. The molecular formula is C12H15NO2. The molecule has 1 amide bonds. The van der Waals surface area contributed by atoms with Gasteiger partial charge in [-0.1, -0.05) is 24.0 Å². The molecule has 0 aliphatic heterocycles. The normalized spacial score (nSPS) is 18.5. The van der Waals surface area contributed by atoms with Crippen LogP contribution in [0.3, 0.4) is 0 Å². The summed E-state index contributed by atoms with van der Waals surface area (Å²) < 4.78 is 5.22. The van der Waals surface area contributed by atoms with Crippen molar-refractivity contribution in [2.45, 2.75) is 6.92 Å². The number of hydrogen-bond acceptors (Lipinski definition) is 2. The molecule has 0 bridgehead atoms. The van der Waals surface area contributed by atoms with Crippen LogP contribution < -0.4 is 5.32 Å². The van der Waals surface area contributed by atoms with Gasteiger partial charge in [0.2, 0.25) is 5.91 Å². The Morgan fingerprint density at radius 2 is 2.47 bits per heavy atom. The van der Waals surface area contributed by atoms with Crippen molar-refractivity contribution < 1.29 is 9.53 Å². The Bertz CT molecular complexity index is 344. The maximum Gasteiger partial charge on any atom is 0.245 e. The van der Waals surface area contributed by atoms with E-state index in [1.165, 1.54) is 0 Å². The van der Waals surface area contributed by atoms with E-state index >= 15 is 0 Å². The summed E-state index contributed by atoms with van der Waals surface area (Å²) in [6, 6.07) is 0. The summed E-state index contributed by atoms with van der Waals surface area (Å²) in [5.74, 6) is 6.14. The van der Waals surface area contributed by atoms with Crippen molar-refractivity contribution in [1.82, 2.24) is 5.32 Å². The molecule has 0 unspecified atom stereocenters. The van der Waals surface area contributed by atoms with Gasteiger partial charge < -0.3 is 10.1 Å². The first-order valence-electron chi connectivity index (χ1n) is 4.89. The summed E-state index contributed by atoms with van der Waals surface area (Å²) in [6.07, 6.45) is 5.82. The number of allylic oxidation sites excluding steroid dienone is 2. The predicted molar refractivity (Wildman–Crippen MR) is 59.0 cm³/mol. The molecule has 0 fully saturated rings. The van der Waals surface area contributed by atoms with Crippen LogP contribution in [0.5, 0.6) is 0 Å². The molecule has 1 N–H and O–H groups in total. The molecule has 0 aromatic heterocycles. The number of amides is 1. The van der Waals surface area contributed by atoms with E-state index in [2.05, 4.69) is 17.2 Å². The molecule has 0 aromatic carbocycles. The van der Waals surface area contributed by atoms with E-state index in [1.54, 1.807) is 7.05 Å². The van der Waals surface area contributed by atoms with Gasteiger partial charge in [0.1, 0.15) is 6.61 Å². The van der Waals surface area contributed by atoms with E-state index in [-0.39, 0.29) is 18.4 Å². The fraction of sp³-hybridized carbons (Fsp3) is 0.417. The maximum atomic E-state index is 10.9. The van der Waals surface area contributed by atoms with Gasteiger partial charge in [-0.25, -0.2) is 0 Å². The van der Waals surface area contributed by atoms with Crippen LogP contribution in [0.2, 0.25) is 0 Å². The third-order valence-electron chi connectivity index (χ3n) is 1.95. The fourth-order valence-corrected chi connectivity index (χ4v) is 1.05. The molecule has 0 heterocycles. The lowest BCUT2D eigenvalue weighted by Gasteiger charge is -2.03. The van der Waals surface area contributed by atoms with Crippen LogP contribution in [0.4, 0.5) is 0 Å². The smallest absolute Gasteiger partial charge is 0.245 e. The van der Waals surface area contributed by atoms with Crippen molar-refractivity contribution in [2.24, 2.45) is 5.92 Å². The van der Waals surface area contributed by atoms with E-state index < -0.39 is 0 Å². The zero-order valence-corrected chi connectivity index (χ0v) is 9.04. The molecular weight excluding hydrogens is 190 g/mol. The molecule has 0 radical (unpaired) electrons. The van der Waals surface area contributed by atoms with Crippen LogP contribution >= 0.6 is 0 Å². The third-order valence-corrected chi connectivity index (χ3v) is 1.95. The molecule has 1 atom stereocenters. The number of likely N-dealkylation sites (N-methyl/N-ethyl adjacent to an activating group) is 1. The lowest BCUT2D eigenvalue weighted by molar-refractivity contribution is -0.124. The molecule has 0 aromatic rings. The average Bonchev–Trinajstić information content (AvgIpc) is 2.43. The van der Waals surface area contributed by atoms with E-state index in [4.69, 9.17) is 4.74 Å². The van der Waals surface area contributed by atoms with Gasteiger partial charge in [-0.3, -0.25) is 4.79 Å². The van der Waals surface area contributed by atoms with Gasteiger partial charge in [0, 0.05) is 13.0 Å². The van der Waals surface area contributed by atoms with Gasteiger partial charge in [0.05, 0.1) is 6.61 Å². The Morgan fingerprint density at radius 3 is 3.20 bits per heavy atom. The van der Waals surface area contributed by atoms with E-state index in [9.17, 15) is 4.79 Å². The minimum Gasteiger partial charge on any atom is -0.367 e. The Kier molecular flexibility index (Phi) is 4.65. The number of carbonyl (C=O) groups is 1. The number of nitrogens with one attached hydrogen (secondary N) is 1. The van der Waals surface area contributed by atoms with Gasteiger partial charge in [-0.15, -0.1) is 0 Å². The maximum absolute atomic E-state index is 10.9. The molecule has 1 rings (SSSR count). The topological polar surface area (TPSA) is 38.3 Å². The summed E-state index contributed by atoms with van der Waals surface area (Å²) in [5, 5.41) is 2.49. The van der Waals surface area contributed by atoms with Gasteiger partial charge in [-0.05, 0) is 18.6 Å². The number of ether oxygens (including phenoxy) is 1. The summed E-state index contributed by atoms with van der Waals surface area (Å²) >= 11 is 0. The lowest BCUT2D eigenvalue weighted by atomic mass is 10.1. The van der Waals surface area contributed by atoms with E-state index in [0.717, 1.165) is 5.57 Å². The lowest BCUT2D eigenvalue weighted by Crippen LogP contribution is -2.23. The minimum absolute atomic E-state index is 0.0880. The number of carbonyl (C=O) groups excluding carboxylic acids is 1. The number of rotatable bonds is 4. The molecule has 80 valence electrons. The zero-order valence-electron chi connectivity index (χ0n) is 9.04. The van der Waals surface area contributed by atoms with Crippen molar-refractivity contribution in [3.8, 4) is 11.8 Å². The quantitative estimate of drug-likeness (QED) is 0.692. The second kappa shape index (κ2) is 6.05. The molecule has 3 heteroatoms. The summed E-state index contributed by atoms with van der Waals surface area (Å²) in [7, 11) is 1.59. The van der Waals surface area contributed by atoms with Crippen LogP contribution in [0.15, 0.2) is 23.8 Å². The van der Waals surface area contributed by atoms with Crippen molar-refractivity contribution >= 4 is 5.91 Å². The molecule has 1 aliphatic carbocycles. The first-order valence-corrected chi connectivity index (χ1v) is 4.89. The number of hydrogen-bond donors (Lipinski definition) is 1. The molecule has 0 saturated carbocycles. The molecule has 0 spiro atoms. The molecule has 1 aliphatic rings. The van der Waals surface area contributed by atoms with Crippen LogP contribution in [-0.4, -0.2) is 26.2 Å². The largest absolute Gasteiger partial charge is 0.367 e. The van der Waals surface area contributed by atoms with Crippen LogP contribution in [0.25, 0.3) is 0 Å². The van der Waals surface area contributed by atoms with Gasteiger partial charge >= 0.3 is 0 Å². The Hall–Kier alpha value is -1.53. The zero-order chi connectivity index (χ0) is 11.1. The Balaban J connectivity index is 2.35. The molecule has 15 heavy (non-hydrogen) atoms.